The van der Waals surface area contributed by atoms with Crippen molar-refractivity contribution in [2.45, 2.75) is 38.5 Å². The molecule has 2 aliphatic heterocycles. The number of cyclic esters (lactones) is 1. The van der Waals surface area contributed by atoms with E-state index in [1.165, 1.54) is 0 Å². The molecule has 0 amide bonds. The highest BCUT2D eigenvalue weighted by Gasteiger charge is 2.34. The maximum atomic E-state index is 12.0. The number of nitrogens with zero attached hydrogens (tertiary/aromatic N) is 3. The lowest BCUT2D eigenvalue weighted by molar-refractivity contribution is 0.0297. The predicted molar refractivity (Wildman–Crippen MR) is 121 cm³/mol. The van der Waals surface area contributed by atoms with Crippen molar-refractivity contribution < 1.29 is 18.8 Å². The van der Waals surface area contributed by atoms with E-state index in [1.807, 2.05) is 19.9 Å². The molecular formula is C22H23N5O4S. The van der Waals surface area contributed by atoms with Crippen LogP contribution in [0.15, 0.2) is 30.6 Å². The molecule has 2 atom stereocenters. The number of esters is 1. The highest BCUT2D eigenvalue weighted by atomic mass is 32.2. The van der Waals surface area contributed by atoms with Crippen LogP contribution >= 0.6 is 0 Å². The zero-order chi connectivity index (χ0) is 22.4. The van der Waals surface area contributed by atoms with Crippen LogP contribution in [-0.4, -0.2) is 49.2 Å². The third kappa shape index (κ3) is 3.96. The molecule has 0 aliphatic carbocycles. The van der Waals surface area contributed by atoms with Crippen molar-refractivity contribution in [3.63, 3.8) is 0 Å². The van der Waals surface area contributed by atoms with Crippen molar-refractivity contribution in [1.29, 1.82) is 0 Å². The van der Waals surface area contributed by atoms with Gasteiger partial charge in [-0.2, -0.15) is 0 Å². The number of carbonyl (C=O) groups is 1. The number of ether oxygens (including phenoxy) is 2. The smallest absolute Gasteiger partial charge is 0.340 e. The van der Waals surface area contributed by atoms with Crippen LogP contribution in [0.2, 0.25) is 0 Å². The van der Waals surface area contributed by atoms with Crippen molar-refractivity contribution in [3.8, 4) is 5.88 Å². The number of nitrogens with one attached hydrogen (secondary N) is 1. The summed E-state index contributed by atoms with van der Waals surface area (Å²) in [4.78, 5) is 25.6. The first-order chi connectivity index (χ1) is 15.4. The molecule has 166 valence electrons. The van der Waals surface area contributed by atoms with Gasteiger partial charge >= 0.3 is 5.97 Å². The van der Waals surface area contributed by atoms with E-state index in [0.29, 0.717) is 46.7 Å². The molecule has 9 nitrogen and oxygen atoms in total. The number of carbonyl (C=O) groups excluding carboxylic acids is 1. The molecule has 0 radical (unpaired) electrons. The van der Waals surface area contributed by atoms with Gasteiger partial charge in [0.15, 0.2) is 6.10 Å². The predicted octanol–water partition coefficient (Wildman–Crippen LogP) is 2.40. The lowest BCUT2D eigenvalue weighted by atomic mass is 10.0. The summed E-state index contributed by atoms with van der Waals surface area (Å²) in [7, 11) is 0. The normalized spacial score (nSPS) is 23.1. The monoisotopic (exact) mass is 453 g/mol. The second-order valence-corrected chi connectivity index (χ2v) is 9.72. The summed E-state index contributed by atoms with van der Waals surface area (Å²) >= 11 is -0.808. The van der Waals surface area contributed by atoms with Gasteiger partial charge in [0.05, 0.1) is 16.6 Å². The van der Waals surface area contributed by atoms with E-state index in [9.17, 15) is 9.35 Å². The lowest BCUT2D eigenvalue weighted by Gasteiger charge is -2.29. The topological polar surface area (TPSA) is 135 Å². The minimum Gasteiger partial charge on any atom is -0.616 e. The van der Waals surface area contributed by atoms with Crippen LogP contribution in [0.4, 0.5) is 11.6 Å². The lowest BCUT2D eigenvalue weighted by Crippen LogP contribution is -2.45. The largest absolute Gasteiger partial charge is 0.616 e. The number of anilines is 2. The highest BCUT2D eigenvalue weighted by Crippen LogP contribution is 2.32. The SMILES string of the molecule is CC1Cc2nc(Nc3cc4c(C(C)N)cnc(OC5C[S+]([O-])C5)c4cn3)ccc2C(=O)O1. The van der Waals surface area contributed by atoms with E-state index < -0.39 is 11.2 Å². The molecule has 2 unspecified atom stereocenters. The molecule has 10 heteroatoms. The van der Waals surface area contributed by atoms with Gasteiger partial charge < -0.3 is 25.1 Å². The average molecular weight is 454 g/mol. The first-order valence-electron chi connectivity index (χ1n) is 10.4. The molecular weight excluding hydrogens is 430 g/mol. The van der Waals surface area contributed by atoms with Gasteiger partial charge in [-0.1, -0.05) is 0 Å². The number of pyridine rings is 3. The van der Waals surface area contributed by atoms with Crippen molar-refractivity contribution in [3.05, 3.63) is 47.4 Å². The molecule has 2 aliphatic rings. The first-order valence-corrected chi connectivity index (χ1v) is 11.9. The van der Waals surface area contributed by atoms with Gasteiger partial charge in [-0.05, 0) is 54.2 Å². The van der Waals surface area contributed by atoms with E-state index >= 15 is 0 Å². The summed E-state index contributed by atoms with van der Waals surface area (Å²) in [5, 5.41) is 4.84. The van der Waals surface area contributed by atoms with Gasteiger partial charge in [0.2, 0.25) is 5.88 Å². The van der Waals surface area contributed by atoms with Crippen LogP contribution in [0.5, 0.6) is 5.88 Å². The number of hydrogen-bond acceptors (Lipinski definition) is 9. The third-order valence-electron chi connectivity index (χ3n) is 5.52. The van der Waals surface area contributed by atoms with Gasteiger partial charge in [0.1, 0.15) is 29.2 Å². The molecule has 3 aromatic heterocycles. The van der Waals surface area contributed by atoms with Crippen molar-refractivity contribution in [2.24, 2.45) is 5.73 Å². The van der Waals surface area contributed by atoms with E-state index in [2.05, 4.69) is 20.3 Å². The van der Waals surface area contributed by atoms with Gasteiger partial charge in [-0.25, -0.2) is 19.7 Å². The second kappa shape index (κ2) is 8.19. The Morgan fingerprint density at radius 1 is 1.25 bits per heavy atom. The summed E-state index contributed by atoms with van der Waals surface area (Å²) < 4.78 is 22.6. The Morgan fingerprint density at radius 2 is 2.06 bits per heavy atom. The summed E-state index contributed by atoms with van der Waals surface area (Å²) in [5.41, 5.74) is 8.23. The highest BCUT2D eigenvalue weighted by molar-refractivity contribution is 7.92. The fourth-order valence-corrected chi connectivity index (χ4v) is 4.72. The van der Waals surface area contributed by atoms with Gasteiger partial charge in [0.25, 0.3) is 0 Å². The number of nitrogens with two attached hydrogens (primary N) is 1. The van der Waals surface area contributed by atoms with Crippen molar-refractivity contribution in [2.75, 3.05) is 16.8 Å². The van der Waals surface area contributed by atoms with Crippen LogP contribution in [0, 0.1) is 0 Å². The van der Waals surface area contributed by atoms with Gasteiger partial charge in [-0.15, -0.1) is 0 Å². The van der Waals surface area contributed by atoms with Crippen molar-refractivity contribution in [1.82, 2.24) is 15.0 Å². The molecule has 32 heavy (non-hydrogen) atoms. The van der Waals surface area contributed by atoms with Crippen LogP contribution in [-0.2, 0) is 22.3 Å². The van der Waals surface area contributed by atoms with E-state index in [0.717, 1.165) is 16.3 Å². The Hall–Kier alpha value is -2.95. The number of aromatic nitrogens is 3. The number of rotatable bonds is 5. The van der Waals surface area contributed by atoms with Gasteiger partial charge in [0, 0.05) is 24.9 Å². The zero-order valence-electron chi connectivity index (χ0n) is 17.7. The van der Waals surface area contributed by atoms with Gasteiger partial charge in [-0.3, -0.25) is 0 Å². The summed E-state index contributed by atoms with van der Waals surface area (Å²) in [6.45, 7) is 3.74. The molecule has 1 saturated heterocycles. The molecule has 5 heterocycles. The zero-order valence-corrected chi connectivity index (χ0v) is 18.5. The molecule has 1 fully saturated rings. The van der Waals surface area contributed by atoms with E-state index in [-0.39, 0.29) is 24.2 Å². The standard InChI is InChI=1S/C22H23N5O4S/c1-11-5-18-14(22(28)30-11)3-4-19(26-18)27-20-6-15-16(12(2)23)7-25-21(17(15)8-24-20)31-13-9-32(29)10-13/h3-4,6-8,11-13H,5,9-10,23H2,1-2H3,(H,24,26,27). The molecule has 3 aromatic rings. The Morgan fingerprint density at radius 3 is 2.81 bits per heavy atom. The fraction of sp³-hybridized carbons (Fsp3) is 0.364. The molecule has 0 saturated carbocycles. The first kappa shape index (κ1) is 20.9. The summed E-state index contributed by atoms with van der Waals surface area (Å²) in [6, 6.07) is 5.09. The van der Waals surface area contributed by atoms with Crippen LogP contribution in [0.3, 0.4) is 0 Å². The quantitative estimate of drug-likeness (QED) is 0.441. The minimum absolute atomic E-state index is 0.0979. The summed E-state index contributed by atoms with van der Waals surface area (Å²) in [6.07, 6.45) is 3.67. The molecule has 3 N–H and O–H groups in total. The van der Waals surface area contributed by atoms with Crippen LogP contribution < -0.4 is 15.8 Å². The number of hydrogen-bond donors (Lipinski definition) is 2. The molecule has 0 spiro atoms. The minimum atomic E-state index is -0.808. The Kier molecular flexibility index (Phi) is 5.36. The second-order valence-electron chi connectivity index (χ2n) is 8.17. The third-order valence-corrected chi connectivity index (χ3v) is 7.01. The molecule has 5 rings (SSSR count). The fourth-order valence-electron chi connectivity index (χ4n) is 3.85. The van der Waals surface area contributed by atoms with Crippen molar-refractivity contribution >= 4 is 39.6 Å². The molecule has 0 bridgehead atoms. The summed E-state index contributed by atoms with van der Waals surface area (Å²) in [5.74, 6) is 2.31. The Labute approximate surface area is 187 Å². The van der Waals surface area contributed by atoms with E-state index in [1.54, 1.807) is 24.5 Å². The maximum absolute atomic E-state index is 12.0. The van der Waals surface area contributed by atoms with Crippen LogP contribution in [0.1, 0.15) is 41.5 Å². The molecule has 0 aromatic carbocycles. The number of fused-ring (bicyclic) bond motifs is 2. The van der Waals surface area contributed by atoms with Crippen LogP contribution in [0.25, 0.3) is 10.8 Å². The van der Waals surface area contributed by atoms with E-state index in [4.69, 9.17) is 15.2 Å². The Balaban J connectivity index is 1.47. The average Bonchev–Trinajstić information content (AvgIpc) is 2.72. The maximum Gasteiger partial charge on any atom is 0.340 e. The Bertz CT molecular complexity index is 1200.